The molecule has 0 aromatic carbocycles. The minimum absolute atomic E-state index is 0.328. The van der Waals surface area contributed by atoms with Crippen LogP contribution in [-0.2, 0) is 28.5 Å². The van der Waals surface area contributed by atoms with Crippen LogP contribution in [-0.4, -0.2) is 53.1 Å². The molecule has 0 bridgehead atoms. The van der Waals surface area contributed by atoms with Gasteiger partial charge in [0.25, 0.3) is 0 Å². The first-order valence-electron chi connectivity index (χ1n) is 4.86. The smallest absolute Gasteiger partial charge is 0.314 e. The fraction of sp³-hybridized carbons (Fsp3) is 0.900. The topological polar surface area (TPSA) is 63.2 Å². The van der Waals surface area contributed by atoms with Crippen LogP contribution >= 0.6 is 0 Å². The summed E-state index contributed by atoms with van der Waals surface area (Å²) in [5, 5.41) is 0. The van der Waals surface area contributed by atoms with E-state index in [4.69, 9.17) is 18.9 Å². The Hall–Kier alpha value is -0.690. The van der Waals surface area contributed by atoms with Crippen LogP contribution in [0.5, 0.6) is 0 Å². The normalized spacial score (nSPS) is 25.9. The van der Waals surface area contributed by atoms with Crippen molar-refractivity contribution in [1.29, 1.82) is 0 Å². The number of esters is 1. The molecular weight excluding hydrogens is 216 g/mol. The van der Waals surface area contributed by atoms with Crippen molar-refractivity contribution in [2.75, 3.05) is 35.5 Å². The van der Waals surface area contributed by atoms with Crippen molar-refractivity contribution >= 4 is 5.97 Å². The van der Waals surface area contributed by atoms with Gasteiger partial charge in [-0.15, -0.1) is 0 Å². The van der Waals surface area contributed by atoms with E-state index in [0.29, 0.717) is 6.42 Å². The highest BCUT2D eigenvalue weighted by Gasteiger charge is 2.72. The van der Waals surface area contributed by atoms with E-state index in [2.05, 4.69) is 4.74 Å². The molecule has 1 rings (SSSR count). The van der Waals surface area contributed by atoms with Gasteiger partial charge < -0.3 is 23.7 Å². The van der Waals surface area contributed by atoms with E-state index in [1.807, 2.05) is 0 Å². The maximum Gasteiger partial charge on any atom is 0.314 e. The Labute approximate surface area is 94.7 Å². The number of methoxy groups -OCH3 is 5. The van der Waals surface area contributed by atoms with Gasteiger partial charge in [0, 0.05) is 34.9 Å². The molecule has 0 aromatic heterocycles. The van der Waals surface area contributed by atoms with Gasteiger partial charge in [0.1, 0.15) is 5.92 Å². The maximum atomic E-state index is 11.6. The largest absolute Gasteiger partial charge is 0.469 e. The van der Waals surface area contributed by atoms with Gasteiger partial charge in [0.15, 0.2) is 0 Å². The Morgan fingerprint density at radius 1 is 1.00 bits per heavy atom. The van der Waals surface area contributed by atoms with Crippen LogP contribution in [0.25, 0.3) is 0 Å². The van der Waals surface area contributed by atoms with Crippen molar-refractivity contribution in [1.82, 2.24) is 0 Å². The molecule has 0 amide bonds. The lowest BCUT2D eigenvalue weighted by molar-refractivity contribution is -0.456. The third-order valence-corrected chi connectivity index (χ3v) is 3.21. The number of ether oxygens (including phenoxy) is 5. The van der Waals surface area contributed by atoms with E-state index in [0.717, 1.165) is 0 Å². The van der Waals surface area contributed by atoms with Gasteiger partial charge in [-0.1, -0.05) is 0 Å². The van der Waals surface area contributed by atoms with Gasteiger partial charge in [0.2, 0.25) is 11.6 Å². The van der Waals surface area contributed by atoms with E-state index in [-0.39, 0.29) is 0 Å². The summed E-state index contributed by atoms with van der Waals surface area (Å²) in [5.41, 5.74) is 0. The molecule has 1 fully saturated rings. The molecule has 1 aliphatic carbocycles. The molecule has 0 radical (unpaired) electrons. The lowest BCUT2D eigenvalue weighted by Gasteiger charge is -2.57. The van der Waals surface area contributed by atoms with Gasteiger partial charge in [-0.25, -0.2) is 0 Å². The highest BCUT2D eigenvalue weighted by Crippen LogP contribution is 2.53. The van der Waals surface area contributed by atoms with Gasteiger partial charge in [-0.05, 0) is 0 Å². The third kappa shape index (κ3) is 1.45. The van der Waals surface area contributed by atoms with Crippen LogP contribution in [0.1, 0.15) is 6.42 Å². The second-order valence-corrected chi connectivity index (χ2v) is 3.52. The summed E-state index contributed by atoms with van der Waals surface area (Å²) in [6.07, 6.45) is 0.328. The van der Waals surface area contributed by atoms with Gasteiger partial charge in [-0.2, -0.15) is 0 Å². The fourth-order valence-electron chi connectivity index (χ4n) is 2.27. The fourth-order valence-corrected chi connectivity index (χ4v) is 2.27. The van der Waals surface area contributed by atoms with Crippen molar-refractivity contribution < 1.29 is 28.5 Å². The molecule has 6 nitrogen and oxygen atoms in total. The molecule has 0 aliphatic heterocycles. The summed E-state index contributed by atoms with van der Waals surface area (Å²) < 4.78 is 25.8. The van der Waals surface area contributed by atoms with Crippen molar-refractivity contribution in [3.8, 4) is 0 Å². The molecule has 1 aliphatic rings. The Morgan fingerprint density at radius 2 is 1.50 bits per heavy atom. The Morgan fingerprint density at radius 3 is 1.81 bits per heavy atom. The first-order chi connectivity index (χ1) is 7.57. The predicted molar refractivity (Wildman–Crippen MR) is 53.6 cm³/mol. The summed E-state index contributed by atoms with van der Waals surface area (Å²) in [5.74, 6) is -3.31. The maximum absolute atomic E-state index is 11.6. The van der Waals surface area contributed by atoms with Gasteiger partial charge in [0.05, 0.1) is 7.11 Å². The molecule has 0 aromatic rings. The zero-order valence-electron chi connectivity index (χ0n) is 10.2. The standard InChI is InChI=1S/C10H18O6/c1-12-8(11)7-6-9(13-2,14-3)10(7,15-4)16-5/h7H,6H2,1-5H3. The summed E-state index contributed by atoms with van der Waals surface area (Å²) >= 11 is 0. The first-order valence-corrected chi connectivity index (χ1v) is 4.86. The van der Waals surface area contributed by atoms with Crippen molar-refractivity contribution in [2.45, 2.75) is 18.0 Å². The summed E-state index contributed by atoms with van der Waals surface area (Å²) in [6, 6.07) is 0. The van der Waals surface area contributed by atoms with Crippen LogP contribution in [0.2, 0.25) is 0 Å². The number of hydrogen-bond donors (Lipinski definition) is 0. The molecule has 0 saturated heterocycles. The zero-order chi connectivity index (χ0) is 12.4. The summed E-state index contributed by atoms with van der Waals surface area (Å²) in [7, 11) is 7.14. The minimum atomic E-state index is -1.26. The molecule has 6 heteroatoms. The predicted octanol–water partition coefficient (Wildman–Crippen LogP) is 0.157. The van der Waals surface area contributed by atoms with E-state index in [1.165, 1.54) is 35.5 Å². The van der Waals surface area contributed by atoms with Gasteiger partial charge in [-0.3, -0.25) is 4.79 Å². The number of carbonyl (C=O) groups excluding carboxylic acids is 1. The highest BCUT2D eigenvalue weighted by atomic mass is 16.8. The SMILES string of the molecule is COC(=O)C1CC(OC)(OC)C1(OC)OC. The minimum Gasteiger partial charge on any atom is -0.469 e. The lowest BCUT2D eigenvalue weighted by atomic mass is 9.71. The number of carbonyl (C=O) groups is 1. The molecule has 1 saturated carbocycles. The van der Waals surface area contributed by atoms with Crippen molar-refractivity contribution in [2.24, 2.45) is 5.92 Å². The number of hydrogen-bond acceptors (Lipinski definition) is 6. The molecule has 94 valence electrons. The third-order valence-electron chi connectivity index (χ3n) is 3.21. The monoisotopic (exact) mass is 234 g/mol. The molecule has 1 unspecified atom stereocenters. The quantitative estimate of drug-likeness (QED) is 0.498. The summed E-state index contributed by atoms with van der Waals surface area (Å²) in [4.78, 5) is 11.6. The average molecular weight is 234 g/mol. The number of rotatable bonds is 5. The Kier molecular flexibility index (Phi) is 3.90. The first kappa shape index (κ1) is 13.4. The molecule has 0 N–H and O–H groups in total. The van der Waals surface area contributed by atoms with E-state index in [9.17, 15) is 4.79 Å². The van der Waals surface area contributed by atoms with Crippen LogP contribution in [0, 0.1) is 5.92 Å². The Balaban J connectivity index is 3.01. The zero-order valence-corrected chi connectivity index (χ0v) is 10.2. The van der Waals surface area contributed by atoms with Gasteiger partial charge >= 0.3 is 5.97 Å². The van der Waals surface area contributed by atoms with Crippen LogP contribution in [0.15, 0.2) is 0 Å². The lowest BCUT2D eigenvalue weighted by Crippen LogP contribution is -2.74. The van der Waals surface area contributed by atoms with Crippen molar-refractivity contribution in [3.63, 3.8) is 0 Å². The molecule has 0 spiro atoms. The van der Waals surface area contributed by atoms with E-state index < -0.39 is 23.5 Å². The molecule has 0 heterocycles. The van der Waals surface area contributed by atoms with Crippen molar-refractivity contribution in [3.05, 3.63) is 0 Å². The summed E-state index contributed by atoms with van der Waals surface area (Å²) in [6.45, 7) is 0. The molecule has 16 heavy (non-hydrogen) atoms. The Bertz CT molecular complexity index is 256. The second-order valence-electron chi connectivity index (χ2n) is 3.52. The second kappa shape index (κ2) is 4.67. The van der Waals surface area contributed by atoms with Crippen LogP contribution in [0.3, 0.4) is 0 Å². The molecular formula is C10H18O6. The van der Waals surface area contributed by atoms with E-state index in [1.54, 1.807) is 0 Å². The van der Waals surface area contributed by atoms with Crippen LogP contribution in [0.4, 0.5) is 0 Å². The van der Waals surface area contributed by atoms with E-state index >= 15 is 0 Å². The average Bonchev–Trinajstić information content (AvgIpc) is 2.31. The highest BCUT2D eigenvalue weighted by molar-refractivity contribution is 5.75. The van der Waals surface area contributed by atoms with Crippen LogP contribution < -0.4 is 0 Å². The molecule has 1 atom stereocenters.